The monoisotopic (exact) mass is 328 g/mol. The molecular weight excluding hydrogens is 300 g/mol. The normalized spacial score (nSPS) is 17.7. The maximum atomic E-state index is 10.5. The molecule has 4 N–H and O–H groups in total. The molecule has 1 aromatic carbocycles. The molecule has 0 heterocycles. The zero-order valence-electron chi connectivity index (χ0n) is 13.4. The summed E-state index contributed by atoms with van der Waals surface area (Å²) in [5, 5.41) is 4.72. The Balaban J connectivity index is 0.000000220. The molecule has 0 bridgehead atoms. The average molecular weight is 328 g/mol. The molecule has 1 saturated carbocycles. The molecule has 6 heteroatoms. The van der Waals surface area contributed by atoms with Crippen molar-refractivity contribution in [1.82, 2.24) is 0 Å². The quantitative estimate of drug-likeness (QED) is 0.888. The van der Waals surface area contributed by atoms with Gasteiger partial charge in [-0.1, -0.05) is 63.4 Å². The predicted molar refractivity (Wildman–Crippen MR) is 89.3 cm³/mol. The summed E-state index contributed by atoms with van der Waals surface area (Å²) >= 11 is 0. The van der Waals surface area contributed by atoms with Crippen LogP contribution in [0.3, 0.4) is 0 Å². The van der Waals surface area contributed by atoms with Crippen LogP contribution in [0.2, 0.25) is 0 Å². The van der Waals surface area contributed by atoms with Crippen molar-refractivity contribution in [2.24, 2.45) is 16.8 Å². The highest BCUT2D eigenvalue weighted by Crippen LogP contribution is 2.20. The van der Waals surface area contributed by atoms with E-state index in [1.54, 1.807) is 0 Å². The van der Waals surface area contributed by atoms with Crippen molar-refractivity contribution in [3.05, 3.63) is 35.9 Å². The molecule has 0 amide bonds. The maximum Gasteiger partial charge on any atom is 0.333 e. The van der Waals surface area contributed by atoms with Gasteiger partial charge in [0.15, 0.2) is 0 Å². The maximum absolute atomic E-state index is 10.5. The molecule has 1 fully saturated rings. The van der Waals surface area contributed by atoms with Gasteiger partial charge in [-0.2, -0.15) is 8.42 Å². The van der Waals surface area contributed by atoms with Crippen molar-refractivity contribution >= 4 is 10.3 Å². The highest BCUT2D eigenvalue weighted by Gasteiger charge is 2.18. The van der Waals surface area contributed by atoms with Crippen LogP contribution in [-0.4, -0.2) is 14.5 Å². The topological polar surface area (TPSA) is 95.4 Å². The molecule has 0 radical (unpaired) electrons. The molecule has 1 aromatic rings. The molecule has 1 aliphatic rings. The largest absolute Gasteiger partial charge is 0.333 e. The number of rotatable bonds is 4. The fourth-order valence-corrected chi connectivity index (χ4v) is 2.98. The molecule has 0 saturated heterocycles. The van der Waals surface area contributed by atoms with Crippen LogP contribution >= 0.6 is 0 Å². The molecule has 0 spiro atoms. The van der Waals surface area contributed by atoms with Crippen LogP contribution in [0, 0.1) is 5.92 Å². The van der Waals surface area contributed by atoms with E-state index >= 15 is 0 Å². The number of benzene rings is 1. The van der Waals surface area contributed by atoms with Gasteiger partial charge >= 0.3 is 10.3 Å². The lowest BCUT2D eigenvalue weighted by molar-refractivity contribution is 0.162. The number of hydrogen-bond acceptors (Lipinski definition) is 4. The van der Waals surface area contributed by atoms with Crippen molar-refractivity contribution in [2.45, 2.75) is 58.1 Å². The predicted octanol–water partition coefficient (Wildman–Crippen LogP) is 2.88. The van der Waals surface area contributed by atoms with E-state index in [4.69, 9.17) is 10.9 Å². The molecule has 5 nitrogen and oxygen atoms in total. The van der Waals surface area contributed by atoms with Gasteiger partial charge in [0.2, 0.25) is 0 Å². The summed E-state index contributed by atoms with van der Waals surface area (Å²) in [5.41, 5.74) is 7.16. The Morgan fingerprint density at radius 1 is 1.09 bits per heavy atom. The second-order valence-electron chi connectivity index (χ2n) is 6.03. The van der Waals surface area contributed by atoms with Gasteiger partial charge in [0.05, 0.1) is 6.10 Å². The molecule has 1 aliphatic carbocycles. The summed E-state index contributed by atoms with van der Waals surface area (Å²) in [5.74, 6) is 0.511. The zero-order chi connectivity index (χ0) is 16.6. The number of nitrogens with two attached hydrogens (primary N) is 2. The highest BCUT2D eigenvalue weighted by atomic mass is 32.2. The second-order valence-corrected chi connectivity index (χ2v) is 7.21. The van der Waals surface area contributed by atoms with Crippen LogP contribution in [-0.2, 0) is 14.5 Å². The molecule has 0 aliphatic heterocycles. The Hall–Kier alpha value is -0.950. The van der Waals surface area contributed by atoms with Crippen LogP contribution in [0.5, 0.6) is 0 Å². The van der Waals surface area contributed by atoms with Gasteiger partial charge in [-0.3, -0.25) is 4.18 Å². The van der Waals surface area contributed by atoms with Gasteiger partial charge in [-0.15, -0.1) is 0 Å². The van der Waals surface area contributed by atoms with Crippen LogP contribution in [0.25, 0.3) is 0 Å². The Bertz CT molecular complexity index is 511. The van der Waals surface area contributed by atoms with Crippen LogP contribution < -0.4 is 10.9 Å². The Morgan fingerprint density at radius 3 is 2.09 bits per heavy atom. The minimum Gasteiger partial charge on any atom is -0.324 e. The van der Waals surface area contributed by atoms with E-state index < -0.39 is 10.3 Å². The first kappa shape index (κ1) is 19.1. The first-order chi connectivity index (χ1) is 10.3. The van der Waals surface area contributed by atoms with E-state index in [2.05, 4.69) is 30.2 Å². The smallest absolute Gasteiger partial charge is 0.324 e. The van der Waals surface area contributed by atoms with Crippen molar-refractivity contribution in [2.75, 3.05) is 0 Å². The summed E-state index contributed by atoms with van der Waals surface area (Å²) in [6.45, 7) is 4.27. The first-order valence-electron chi connectivity index (χ1n) is 7.81. The van der Waals surface area contributed by atoms with Crippen LogP contribution in [0.15, 0.2) is 30.3 Å². The third-order valence-electron chi connectivity index (χ3n) is 3.73. The molecule has 0 aromatic heterocycles. The van der Waals surface area contributed by atoms with Gasteiger partial charge in [0.1, 0.15) is 0 Å². The van der Waals surface area contributed by atoms with E-state index in [-0.39, 0.29) is 12.1 Å². The molecular formula is C16H28N2O3S. The minimum absolute atomic E-state index is 0.168. The summed E-state index contributed by atoms with van der Waals surface area (Å²) in [6.07, 6.45) is 4.72. The lowest BCUT2D eigenvalue weighted by Crippen LogP contribution is -2.25. The van der Waals surface area contributed by atoms with Gasteiger partial charge < -0.3 is 5.73 Å². The average Bonchev–Trinajstić information content (AvgIpc) is 2.47. The van der Waals surface area contributed by atoms with Gasteiger partial charge in [-0.05, 0) is 24.3 Å². The molecule has 126 valence electrons. The van der Waals surface area contributed by atoms with Gasteiger partial charge in [0, 0.05) is 6.04 Å². The standard InChI is InChI=1S/C10H15N.C6H13NO3S/c1-8(2)10(11)9-6-4-3-5-7-9;7-11(8,9)10-6-4-2-1-3-5-6/h3-8,10H,11H2,1-2H3;6H,1-5H2,(H2,7,8,9). The van der Waals surface area contributed by atoms with E-state index in [0.717, 1.165) is 25.7 Å². The van der Waals surface area contributed by atoms with E-state index in [1.807, 2.05) is 18.2 Å². The summed E-state index contributed by atoms with van der Waals surface area (Å²) in [4.78, 5) is 0. The Morgan fingerprint density at radius 2 is 1.64 bits per heavy atom. The van der Waals surface area contributed by atoms with E-state index in [1.165, 1.54) is 12.0 Å². The summed E-state index contributed by atoms with van der Waals surface area (Å²) in [6, 6.07) is 10.4. The van der Waals surface area contributed by atoms with Crippen molar-refractivity contribution in [3.8, 4) is 0 Å². The lowest BCUT2D eigenvalue weighted by atomic mass is 9.97. The third kappa shape index (κ3) is 7.89. The second kappa shape index (κ2) is 9.25. The number of hydrogen-bond donors (Lipinski definition) is 2. The van der Waals surface area contributed by atoms with E-state index in [0.29, 0.717) is 5.92 Å². The molecule has 22 heavy (non-hydrogen) atoms. The van der Waals surface area contributed by atoms with E-state index in [9.17, 15) is 8.42 Å². The SMILES string of the molecule is CC(C)C(N)c1ccccc1.NS(=O)(=O)OC1CCCCC1. The van der Waals surface area contributed by atoms with Gasteiger partial charge in [0.25, 0.3) is 0 Å². The summed E-state index contributed by atoms with van der Waals surface area (Å²) < 4.78 is 25.5. The Labute approximate surface area is 134 Å². The molecule has 1 atom stereocenters. The van der Waals surface area contributed by atoms with Crippen molar-refractivity contribution in [1.29, 1.82) is 0 Å². The van der Waals surface area contributed by atoms with Crippen LogP contribution in [0.4, 0.5) is 0 Å². The fraction of sp³-hybridized carbons (Fsp3) is 0.625. The lowest BCUT2D eigenvalue weighted by Gasteiger charge is -2.19. The highest BCUT2D eigenvalue weighted by molar-refractivity contribution is 7.84. The summed E-state index contributed by atoms with van der Waals surface area (Å²) in [7, 11) is -3.72. The van der Waals surface area contributed by atoms with Crippen molar-refractivity contribution in [3.63, 3.8) is 0 Å². The van der Waals surface area contributed by atoms with Crippen molar-refractivity contribution < 1.29 is 12.6 Å². The Kier molecular flexibility index (Phi) is 8.03. The van der Waals surface area contributed by atoms with Crippen LogP contribution in [0.1, 0.15) is 57.6 Å². The van der Waals surface area contributed by atoms with Gasteiger partial charge in [-0.25, -0.2) is 5.14 Å². The first-order valence-corrected chi connectivity index (χ1v) is 9.28. The minimum atomic E-state index is -3.72. The zero-order valence-corrected chi connectivity index (χ0v) is 14.3. The molecule has 1 unspecified atom stereocenters. The fourth-order valence-electron chi connectivity index (χ4n) is 2.41. The molecule has 2 rings (SSSR count). The third-order valence-corrected chi connectivity index (χ3v) is 4.27.